The lowest BCUT2D eigenvalue weighted by Crippen LogP contribution is -2.33. The van der Waals surface area contributed by atoms with Crippen molar-refractivity contribution in [2.24, 2.45) is 5.73 Å². The van der Waals surface area contributed by atoms with E-state index in [-0.39, 0.29) is 12.1 Å². The number of benzene rings is 1. The maximum absolute atomic E-state index is 6.40. The number of hydrogen-bond donors (Lipinski definition) is 1. The first-order valence-corrected chi connectivity index (χ1v) is 7.62. The topological polar surface area (TPSA) is 53.1 Å². The molecule has 0 spiro atoms. The third-order valence-corrected chi connectivity index (χ3v) is 3.86. The Balaban J connectivity index is 2.39. The first kappa shape index (κ1) is 15.6. The number of aryl methyl sites for hydroxylation is 1. The molecular formula is C17H25N3O. The smallest absolute Gasteiger partial charge is 0.118 e. The molecule has 4 heteroatoms. The summed E-state index contributed by atoms with van der Waals surface area (Å²) in [7, 11) is 1.68. The molecule has 1 aromatic carbocycles. The van der Waals surface area contributed by atoms with Gasteiger partial charge in [0, 0.05) is 24.9 Å². The molecule has 0 saturated heterocycles. The number of methoxy groups -OCH3 is 1. The van der Waals surface area contributed by atoms with Gasteiger partial charge in [0.2, 0.25) is 0 Å². The summed E-state index contributed by atoms with van der Waals surface area (Å²) >= 11 is 0. The van der Waals surface area contributed by atoms with E-state index in [1.165, 1.54) is 5.56 Å². The zero-order chi connectivity index (χ0) is 15.2. The average molecular weight is 287 g/mol. The molecule has 4 nitrogen and oxygen atoms in total. The highest BCUT2D eigenvalue weighted by atomic mass is 16.5. The maximum atomic E-state index is 6.40. The highest BCUT2D eigenvalue weighted by Gasteiger charge is 2.22. The van der Waals surface area contributed by atoms with E-state index >= 15 is 0 Å². The second kappa shape index (κ2) is 7.27. The summed E-state index contributed by atoms with van der Waals surface area (Å²) in [5.74, 6) is 1.96. The Hall–Kier alpha value is -1.81. The van der Waals surface area contributed by atoms with Crippen LogP contribution in [0.2, 0.25) is 0 Å². The Kier molecular flexibility index (Phi) is 5.39. The van der Waals surface area contributed by atoms with Crippen molar-refractivity contribution in [3.8, 4) is 5.75 Å². The number of ether oxygens (including phenoxy) is 1. The molecule has 0 aliphatic rings. The van der Waals surface area contributed by atoms with E-state index in [9.17, 15) is 0 Å². The predicted octanol–water partition coefficient (Wildman–Crippen LogP) is 3.17. The first-order valence-electron chi connectivity index (χ1n) is 7.62. The Labute approximate surface area is 127 Å². The van der Waals surface area contributed by atoms with Crippen LogP contribution in [0.4, 0.5) is 0 Å². The lowest BCUT2D eigenvalue weighted by atomic mass is 9.97. The highest BCUT2D eigenvalue weighted by Crippen LogP contribution is 2.26. The van der Waals surface area contributed by atoms with Crippen molar-refractivity contribution in [2.75, 3.05) is 7.11 Å². The van der Waals surface area contributed by atoms with Crippen molar-refractivity contribution in [1.82, 2.24) is 9.55 Å². The van der Waals surface area contributed by atoms with Crippen molar-refractivity contribution < 1.29 is 4.74 Å². The van der Waals surface area contributed by atoms with Crippen molar-refractivity contribution in [2.45, 2.75) is 45.2 Å². The number of rotatable bonds is 7. The third kappa shape index (κ3) is 3.45. The van der Waals surface area contributed by atoms with Crippen LogP contribution in [0.1, 0.15) is 44.1 Å². The minimum Gasteiger partial charge on any atom is -0.497 e. The van der Waals surface area contributed by atoms with Gasteiger partial charge in [0.25, 0.3) is 0 Å². The van der Waals surface area contributed by atoms with Crippen LogP contribution < -0.4 is 10.5 Å². The summed E-state index contributed by atoms with van der Waals surface area (Å²) in [6, 6.07) is 8.33. The van der Waals surface area contributed by atoms with Gasteiger partial charge in [0.05, 0.1) is 13.2 Å². The minimum atomic E-state index is 0.0585. The average Bonchev–Trinajstić information content (AvgIpc) is 2.96. The Morgan fingerprint density at radius 2 is 1.95 bits per heavy atom. The van der Waals surface area contributed by atoms with Crippen molar-refractivity contribution in [1.29, 1.82) is 0 Å². The monoisotopic (exact) mass is 287 g/mol. The number of aromatic nitrogens is 2. The molecule has 2 N–H and O–H groups in total. The molecule has 0 aliphatic carbocycles. The fourth-order valence-electron chi connectivity index (χ4n) is 2.65. The summed E-state index contributed by atoms with van der Waals surface area (Å²) in [6.45, 7) is 4.29. The van der Waals surface area contributed by atoms with E-state index in [1.807, 2.05) is 24.5 Å². The second-order valence-corrected chi connectivity index (χ2v) is 5.29. The summed E-state index contributed by atoms with van der Waals surface area (Å²) in [5, 5.41) is 0. The van der Waals surface area contributed by atoms with Gasteiger partial charge in [-0.05, 0) is 30.5 Å². The molecule has 0 radical (unpaired) electrons. The van der Waals surface area contributed by atoms with E-state index < -0.39 is 0 Å². The van der Waals surface area contributed by atoms with Gasteiger partial charge in [0.15, 0.2) is 0 Å². The molecular weight excluding hydrogens is 262 g/mol. The second-order valence-electron chi connectivity index (χ2n) is 5.29. The standard InChI is InChI=1S/C17H25N3O/c1-4-6-16-19-11-12-20(16)17(15(18)5-2)13-7-9-14(21-3)10-8-13/h7-12,15,17H,4-6,18H2,1-3H3. The summed E-state index contributed by atoms with van der Waals surface area (Å²) in [5.41, 5.74) is 7.59. The molecule has 0 aliphatic heterocycles. The molecule has 2 unspecified atom stereocenters. The third-order valence-electron chi connectivity index (χ3n) is 3.86. The summed E-state index contributed by atoms with van der Waals surface area (Å²) in [4.78, 5) is 4.49. The fraction of sp³-hybridized carbons (Fsp3) is 0.471. The molecule has 1 aromatic heterocycles. The van der Waals surface area contributed by atoms with Crippen molar-refractivity contribution in [3.63, 3.8) is 0 Å². The fourth-order valence-corrected chi connectivity index (χ4v) is 2.65. The molecule has 2 aromatic rings. The van der Waals surface area contributed by atoms with Crippen LogP contribution in [0.15, 0.2) is 36.7 Å². The van der Waals surface area contributed by atoms with Gasteiger partial charge in [-0.15, -0.1) is 0 Å². The largest absolute Gasteiger partial charge is 0.497 e. The zero-order valence-corrected chi connectivity index (χ0v) is 13.1. The van der Waals surface area contributed by atoms with E-state index in [4.69, 9.17) is 10.5 Å². The Morgan fingerprint density at radius 1 is 1.24 bits per heavy atom. The summed E-state index contributed by atoms with van der Waals surface area (Å²) in [6.07, 6.45) is 6.86. The van der Waals surface area contributed by atoms with E-state index in [1.54, 1.807) is 7.11 Å². The van der Waals surface area contributed by atoms with Gasteiger partial charge >= 0.3 is 0 Å². The molecule has 0 fully saturated rings. The van der Waals surface area contributed by atoms with Crippen LogP contribution in [0.3, 0.4) is 0 Å². The molecule has 1 heterocycles. The molecule has 21 heavy (non-hydrogen) atoms. The van der Waals surface area contributed by atoms with Gasteiger partial charge < -0.3 is 15.0 Å². The number of imidazole rings is 1. The van der Waals surface area contributed by atoms with Gasteiger partial charge in [-0.3, -0.25) is 0 Å². The SMILES string of the molecule is CCCc1nccn1C(c1ccc(OC)cc1)C(N)CC. The molecule has 0 saturated carbocycles. The molecule has 0 amide bonds. The Bertz CT molecular complexity index is 547. The van der Waals surface area contributed by atoms with E-state index in [0.717, 1.165) is 30.8 Å². The van der Waals surface area contributed by atoms with Gasteiger partial charge in [-0.25, -0.2) is 4.98 Å². The zero-order valence-electron chi connectivity index (χ0n) is 13.1. The van der Waals surface area contributed by atoms with Crippen LogP contribution in [0, 0.1) is 0 Å². The van der Waals surface area contributed by atoms with Crippen LogP contribution in [0.25, 0.3) is 0 Å². The van der Waals surface area contributed by atoms with Crippen LogP contribution in [-0.2, 0) is 6.42 Å². The van der Waals surface area contributed by atoms with Crippen LogP contribution in [-0.4, -0.2) is 22.7 Å². The number of hydrogen-bond acceptors (Lipinski definition) is 3. The van der Waals surface area contributed by atoms with E-state index in [2.05, 4.69) is 35.5 Å². The highest BCUT2D eigenvalue weighted by molar-refractivity contribution is 5.30. The molecule has 0 bridgehead atoms. The maximum Gasteiger partial charge on any atom is 0.118 e. The molecule has 114 valence electrons. The van der Waals surface area contributed by atoms with Gasteiger partial charge in [0.1, 0.15) is 11.6 Å². The van der Waals surface area contributed by atoms with Crippen molar-refractivity contribution >= 4 is 0 Å². The molecule has 2 atom stereocenters. The van der Waals surface area contributed by atoms with Gasteiger partial charge in [-0.1, -0.05) is 26.0 Å². The number of nitrogens with zero attached hydrogens (tertiary/aromatic N) is 2. The number of nitrogens with two attached hydrogens (primary N) is 1. The lowest BCUT2D eigenvalue weighted by Gasteiger charge is -2.27. The summed E-state index contributed by atoms with van der Waals surface area (Å²) < 4.78 is 7.46. The molecule has 2 rings (SSSR count). The first-order chi connectivity index (χ1) is 10.2. The predicted molar refractivity (Wildman–Crippen MR) is 85.6 cm³/mol. The Morgan fingerprint density at radius 3 is 2.52 bits per heavy atom. The van der Waals surface area contributed by atoms with Crippen molar-refractivity contribution in [3.05, 3.63) is 48.0 Å². The van der Waals surface area contributed by atoms with E-state index in [0.29, 0.717) is 0 Å². The minimum absolute atomic E-state index is 0.0585. The lowest BCUT2D eigenvalue weighted by molar-refractivity contribution is 0.413. The van der Waals surface area contributed by atoms with Gasteiger partial charge in [-0.2, -0.15) is 0 Å². The van der Waals surface area contributed by atoms with Crippen LogP contribution >= 0.6 is 0 Å². The van der Waals surface area contributed by atoms with Crippen LogP contribution in [0.5, 0.6) is 5.75 Å². The normalized spacial score (nSPS) is 13.9. The quantitative estimate of drug-likeness (QED) is 0.851.